The van der Waals surface area contributed by atoms with Crippen molar-refractivity contribution in [2.75, 3.05) is 0 Å². The summed E-state index contributed by atoms with van der Waals surface area (Å²) >= 11 is 0. The fourth-order valence-corrected chi connectivity index (χ4v) is 1.47. The fourth-order valence-electron chi connectivity index (χ4n) is 1.47. The molecule has 15 heavy (non-hydrogen) atoms. The van der Waals surface area contributed by atoms with Crippen molar-refractivity contribution >= 4 is 0 Å². The van der Waals surface area contributed by atoms with Crippen LogP contribution in [0, 0.1) is 0 Å². The monoisotopic (exact) mass is 216 g/mol. The molecule has 0 saturated heterocycles. The van der Waals surface area contributed by atoms with Crippen LogP contribution in [0.4, 0.5) is 8.78 Å². The average Bonchev–Trinajstić information content (AvgIpc) is 2.45. The predicted molar refractivity (Wildman–Crippen MR) is 56.3 cm³/mol. The maximum Gasteiger partial charge on any atom is 0.288 e. The third kappa shape index (κ3) is 2.55. The van der Waals surface area contributed by atoms with E-state index in [0.717, 1.165) is 12.6 Å². The molecule has 0 saturated carbocycles. The normalized spacial score (nSPS) is 12.9. The molecule has 1 rings (SSSR count). The molecule has 4 heteroatoms. The van der Waals surface area contributed by atoms with Crippen LogP contribution in [-0.4, -0.2) is 9.78 Å². The number of hydrogen-bond donors (Lipinski definition) is 0. The van der Waals surface area contributed by atoms with Crippen LogP contribution >= 0.6 is 0 Å². The summed E-state index contributed by atoms with van der Waals surface area (Å²) < 4.78 is 27.9. The summed E-state index contributed by atoms with van der Waals surface area (Å²) in [6.45, 7) is 8.72. The molecular formula is C11H18F2N2. The van der Waals surface area contributed by atoms with Gasteiger partial charge in [-0.1, -0.05) is 13.8 Å². The smallest absolute Gasteiger partial charge is 0.266 e. The molecule has 2 nitrogen and oxygen atoms in total. The van der Waals surface area contributed by atoms with Crippen molar-refractivity contribution in [2.45, 2.75) is 52.5 Å². The molecular weight excluding hydrogens is 198 g/mol. The number of rotatable bonds is 3. The van der Waals surface area contributed by atoms with Crippen molar-refractivity contribution in [1.82, 2.24) is 9.78 Å². The largest absolute Gasteiger partial charge is 0.288 e. The Kier molecular flexibility index (Phi) is 3.16. The molecule has 1 heterocycles. The molecule has 0 aliphatic carbocycles. The van der Waals surface area contributed by atoms with Gasteiger partial charge in [0.1, 0.15) is 5.69 Å². The zero-order chi connectivity index (χ0) is 11.8. The summed E-state index contributed by atoms with van der Waals surface area (Å²) in [5.74, 6) is -2.65. The van der Waals surface area contributed by atoms with E-state index in [1.54, 1.807) is 4.68 Å². The Morgan fingerprint density at radius 1 is 1.27 bits per heavy atom. The van der Waals surface area contributed by atoms with Crippen molar-refractivity contribution in [3.05, 3.63) is 17.5 Å². The summed E-state index contributed by atoms with van der Waals surface area (Å²) in [6, 6.07) is 1.61. The quantitative estimate of drug-likeness (QED) is 0.753. The minimum atomic E-state index is -2.86. The second-order valence-electron chi connectivity index (χ2n) is 4.54. The molecule has 0 fully saturated rings. The number of nitrogens with zero attached hydrogens (tertiary/aromatic N) is 2. The first-order valence-electron chi connectivity index (χ1n) is 5.21. The van der Waals surface area contributed by atoms with Gasteiger partial charge in [-0.2, -0.15) is 13.9 Å². The van der Waals surface area contributed by atoms with Crippen molar-refractivity contribution in [3.63, 3.8) is 0 Å². The standard InChI is InChI=1S/C11H18F2N2/c1-7(2)9-6-10(11(5,12)13)14-15(9)8(3)4/h6-8H,1-5H3. The van der Waals surface area contributed by atoms with Crippen LogP contribution in [0.15, 0.2) is 6.07 Å². The maximum absolute atomic E-state index is 13.1. The Morgan fingerprint density at radius 3 is 2.07 bits per heavy atom. The fraction of sp³-hybridized carbons (Fsp3) is 0.727. The Hall–Kier alpha value is -0.930. The molecule has 1 aromatic rings. The number of halogens is 2. The van der Waals surface area contributed by atoms with Gasteiger partial charge in [0, 0.05) is 18.7 Å². The Bertz CT molecular complexity index is 309. The molecule has 0 aromatic carbocycles. The summed E-state index contributed by atoms with van der Waals surface area (Å²) in [7, 11) is 0. The SMILES string of the molecule is CC(C)c1cc(C(C)(F)F)nn1C(C)C. The van der Waals surface area contributed by atoms with E-state index in [4.69, 9.17) is 0 Å². The van der Waals surface area contributed by atoms with Crippen LogP contribution < -0.4 is 0 Å². The Morgan fingerprint density at radius 2 is 1.80 bits per heavy atom. The molecule has 0 spiro atoms. The zero-order valence-corrected chi connectivity index (χ0v) is 9.88. The molecule has 0 aliphatic rings. The molecule has 0 aliphatic heterocycles. The minimum Gasteiger partial charge on any atom is -0.266 e. The van der Waals surface area contributed by atoms with Crippen LogP contribution in [0.5, 0.6) is 0 Å². The lowest BCUT2D eigenvalue weighted by Gasteiger charge is -2.12. The summed E-state index contributed by atoms with van der Waals surface area (Å²) in [6.07, 6.45) is 0. The van der Waals surface area contributed by atoms with Gasteiger partial charge in [0.05, 0.1) is 0 Å². The average molecular weight is 216 g/mol. The van der Waals surface area contributed by atoms with Crippen LogP contribution in [0.25, 0.3) is 0 Å². The minimum absolute atomic E-state index is 0.110. The van der Waals surface area contributed by atoms with Gasteiger partial charge in [-0.3, -0.25) is 4.68 Å². The third-order valence-electron chi connectivity index (χ3n) is 2.30. The van der Waals surface area contributed by atoms with E-state index >= 15 is 0 Å². The van der Waals surface area contributed by atoms with E-state index in [1.165, 1.54) is 6.07 Å². The van der Waals surface area contributed by atoms with Gasteiger partial charge < -0.3 is 0 Å². The predicted octanol–water partition coefficient (Wildman–Crippen LogP) is 3.70. The van der Waals surface area contributed by atoms with Gasteiger partial charge in [0.15, 0.2) is 0 Å². The van der Waals surface area contributed by atoms with Crippen molar-refractivity contribution < 1.29 is 8.78 Å². The van der Waals surface area contributed by atoms with E-state index in [2.05, 4.69) is 5.10 Å². The number of hydrogen-bond acceptors (Lipinski definition) is 1. The van der Waals surface area contributed by atoms with E-state index in [0.29, 0.717) is 0 Å². The molecule has 86 valence electrons. The van der Waals surface area contributed by atoms with Crippen molar-refractivity contribution in [1.29, 1.82) is 0 Å². The Balaban J connectivity index is 3.21. The number of alkyl halides is 2. The topological polar surface area (TPSA) is 17.8 Å². The van der Waals surface area contributed by atoms with E-state index < -0.39 is 5.92 Å². The van der Waals surface area contributed by atoms with Crippen LogP contribution in [-0.2, 0) is 5.92 Å². The van der Waals surface area contributed by atoms with Gasteiger partial charge in [0.2, 0.25) is 0 Å². The highest BCUT2D eigenvalue weighted by molar-refractivity contribution is 5.17. The van der Waals surface area contributed by atoms with Gasteiger partial charge >= 0.3 is 0 Å². The zero-order valence-electron chi connectivity index (χ0n) is 9.88. The van der Waals surface area contributed by atoms with E-state index in [1.807, 2.05) is 27.7 Å². The molecule has 0 N–H and O–H groups in total. The first-order valence-corrected chi connectivity index (χ1v) is 5.21. The second kappa shape index (κ2) is 3.91. The second-order valence-corrected chi connectivity index (χ2v) is 4.54. The molecule has 0 radical (unpaired) electrons. The maximum atomic E-state index is 13.1. The molecule has 1 aromatic heterocycles. The lowest BCUT2D eigenvalue weighted by atomic mass is 10.1. The van der Waals surface area contributed by atoms with E-state index in [9.17, 15) is 8.78 Å². The highest BCUT2D eigenvalue weighted by Gasteiger charge is 2.29. The molecule has 0 bridgehead atoms. The van der Waals surface area contributed by atoms with Crippen molar-refractivity contribution in [2.24, 2.45) is 0 Å². The van der Waals surface area contributed by atoms with Crippen LogP contribution in [0.1, 0.15) is 58.0 Å². The molecule has 0 amide bonds. The summed E-state index contributed by atoms with van der Waals surface area (Å²) in [5.41, 5.74) is 0.724. The Labute approximate surface area is 89.3 Å². The molecule has 0 atom stereocenters. The van der Waals surface area contributed by atoms with Crippen LogP contribution in [0.2, 0.25) is 0 Å². The first-order chi connectivity index (χ1) is 6.73. The van der Waals surface area contributed by atoms with Gasteiger partial charge in [-0.15, -0.1) is 0 Å². The molecule has 0 unspecified atom stereocenters. The number of aromatic nitrogens is 2. The highest BCUT2D eigenvalue weighted by Crippen LogP contribution is 2.29. The van der Waals surface area contributed by atoms with Gasteiger partial charge in [-0.05, 0) is 25.8 Å². The summed E-state index contributed by atoms with van der Waals surface area (Å²) in [5, 5.41) is 3.97. The lowest BCUT2D eigenvalue weighted by molar-refractivity contribution is 0.0120. The van der Waals surface area contributed by atoms with Gasteiger partial charge in [0.25, 0.3) is 5.92 Å². The highest BCUT2D eigenvalue weighted by atomic mass is 19.3. The van der Waals surface area contributed by atoms with Gasteiger partial charge in [-0.25, -0.2) is 0 Å². The van der Waals surface area contributed by atoms with E-state index in [-0.39, 0.29) is 17.7 Å². The van der Waals surface area contributed by atoms with Crippen LogP contribution in [0.3, 0.4) is 0 Å². The summed E-state index contributed by atoms with van der Waals surface area (Å²) in [4.78, 5) is 0. The van der Waals surface area contributed by atoms with Crippen molar-refractivity contribution in [3.8, 4) is 0 Å². The first kappa shape index (κ1) is 12.1. The lowest BCUT2D eigenvalue weighted by Crippen LogP contribution is -2.11. The third-order valence-corrected chi connectivity index (χ3v) is 2.30.